The van der Waals surface area contributed by atoms with Gasteiger partial charge in [0.25, 0.3) is 5.56 Å². The lowest BCUT2D eigenvalue weighted by molar-refractivity contribution is 0.239. The molecule has 2 fully saturated rings. The van der Waals surface area contributed by atoms with E-state index >= 15 is 0 Å². The van der Waals surface area contributed by atoms with Crippen molar-refractivity contribution in [1.82, 2.24) is 9.55 Å². The van der Waals surface area contributed by atoms with E-state index in [4.69, 9.17) is 5.73 Å². The largest absolute Gasteiger partial charge is 0.385 e. The summed E-state index contributed by atoms with van der Waals surface area (Å²) >= 11 is 0. The summed E-state index contributed by atoms with van der Waals surface area (Å²) in [5.41, 5.74) is 5.03. The van der Waals surface area contributed by atoms with Crippen LogP contribution in [0.2, 0.25) is 0 Å². The Morgan fingerprint density at radius 1 is 1.39 bits per heavy atom. The lowest BCUT2D eigenvalue weighted by atomic mass is 9.84. The summed E-state index contributed by atoms with van der Waals surface area (Å²) < 4.78 is 1.55. The number of aromatic amines is 1. The Morgan fingerprint density at radius 3 is 2.72 bits per heavy atom. The number of rotatable bonds is 2. The van der Waals surface area contributed by atoms with E-state index in [9.17, 15) is 9.59 Å². The van der Waals surface area contributed by atoms with Crippen molar-refractivity contribution in [2.45, 2.75) is 38.6 Å². The molecular formula is C13H19N3O2. The first kappa shape index (κ1) is 11.6. The van der Waals surface area contributed by atoms with Gasteiger partial charge in [-0.3, -0.25) is 14.3 Å². The second-order valence-corrected chi connectivity index (χ2v) is 5.81. The van der Waals surface area contributed by atoms with Crippen LogP contribution in [0.4, 0.5) is 5.82 Å². The highest BCUT2D eigenvalue weighted by atomic mass is 16.2. The van der Waals surface area contributed by atoms with Crippen LogP contribution in [0.15, 0.2) is 15.7 Å². The van der Waals surface area contributed by atoms with Gasteiger partial charge in [-0.25, -0.2) is 4.79 Å². The zero-order chi connectivity index (χ0) is 12.9. The van der Waals surface area contributed by atoms with Crippen molar-refractivity contribution < 1.29 is 0 Å². The fourth-order valence-corrected chi connectivity index (χ4v) is 4.02. The van der Waals surface area contributed by atoms with E-state index in [0.29, 0.717) is 5.92 Å². The van der Waals surface area contributed by atoms with Crippen molar-refractivity contribution in [3.05, 3.63) is 26.9 Å². The maximum Gasteiger partial charge on any atom is 0.330 e. The Morgan fingerprint density at radius 2 is 2.17 bits per heavy atom. The summed E-state index contributed by atoms with van der Waals surface area (Å²) in [5.74, 6) is 2.36. The third kappa shape index (κ3) is 1.69. The molecule has 18 heavy (non-hydrogen) atoms. The van der Waals surface area contributed by atoms with Gasteiger partial charge in [-0.2, -0.15) is 0 Å². The second-order valence-electron chi connectivity index (χ2n) is 5.81. The molecule has 2 aliphatic carbocycles. The van der Waals surface area contributed by atoms with Gasteiger partial charge < -0.3 is 5.73 Å². The molecular weight excluding hydrogens is 230 g/mol. The highest BCUT2D eigenvalue weighted by Gasteiger charge is 2.42. The lowest BCUT2D eigenvalue weighted by Gasteiger charge is -2.29. The zero-order valence-electron chi connectivity index (χ0n) is 10.6. The number of fused-ring (bicyclic) bond motifs is 2. The Balaban J connectivity index is 1.96. The molecule has 0 aliphatic heterocycles. The number of hydrogen-bond donors (Lipinski definition) is 2. The van der Waals surface area contributed by atoms with Crippen LogP contribution in [0.25, 0.3) is 0 Å². The predicted molar refractivity (Wildman–Crippen MR) is 69.4 cm³/mol. The third-order valence-electron chi connectivity index (χ3n) is 4.83. The van der Waals surface area contributed by atoms with Crippen LogP contribution in [0.1, 0.15) is 38.6 Å². The van der Waals surface area contributed by atoms with Gasteiger partial charge >= 0.3 is 5.69 Å². The van der Waals surface area contributed by atoms with Crippen molar-refractivity contribution in [2.75, 3.05) is 5.73 Å². The van der Waals surface area contributed by atoms with Crippen molar-refractivity contribution in [3.63, 3.8) is 0 Å². The Hall–Kier alpha value is -1.52. The number of nitrogen functional groups attached to an aromatic ring is 1. The molecule has 2 bridgehead atoms. The molecule has 98 valence electrons. The van der Waals surface area contributed by atoms with Crippen LogP contribution < -0.4 is 17.0 Å². The number of H-pyrrole nitrogens is 1. The molecule has 2 saturated carbocycles. The van der Waals surface area contributed by atoms with Crippen LogP contribution in [0, 0.1) is 17.8 Å². The van der Waals surface area contributed by atoms with Crippen LogP contribution in [0.5, 0.6) is 0 Å². The first-order valence-electron chi connectivity index (χ1n) is 6.67. The summed E-state index contributed by atoms with van der Waals surface area (Å²) in [4.78, 5) is 25.4. The van der Waals surface area contributed by atoms with E-state index in [1.54, 1.807) is 4.57 Å². The number of anilines is 1. The summed E-state index contributed by atoms with van der Waals surface area (Å²) in [5, 5.41) is 0. The Kier molecular flexibility index (Phi) is 2.57. The van der Waals surface area contributed by atoms with Gasteiger partial charge in [0.2, 0.25) is 0 Å². The summed E-state index contributed by atoms with van der Waals surface area (Å²) in [7, 11) is 0. The summed E-state index contributed by atoms with van der Waals surface area (Å²) in [6.07, 6.45) is 5.10. The molecule has 1 aromatic rings. The van der Waals surface area contributed by atoms with Crippen molar-refractivity contribution in [1.29, 1.82) is 0 Å². The first-order chi connectivity index (χ1) is 8.56. The molecule has 1 heterocycles. The van der Waals surface area contributed by atoms with Gasteiger partial charge in [-0.05, 0) is 43.9 Å². The van der Waals surface area contributed by atoms with Crippen LogP contribution in [-0.2, 0) is 0 Å². The van der Waals surface area contributed by atoms with Gasteiger partial charge in [0.05, 0.1) is 0 Å². The fraction of sp³-hybridized carbons (Fsp3) is 0.692. The predicted octanol–water partition coefficient (Wildman–Crippen LogP) is 1.12. The molecule has 0 spiro atoms. The SMILES string of the molecule is C[C@H]([C@H]1C[C@@H]2CC[C@@H]1C2)n1c(N)cc(=O)[nH]c1=O. The van der Waals surface area contributed by atoms with E-state index in [1.807, 2.05) is 6.92 Å². The minimum atomic E-state index is -0.422. The number of hydrogen-bond acceptors (Lipinski definition) is 3. The van der Waals surface area contributed by atoms with E-state index in [0.717, 1.165) is 11.8 Å². The third-order valence-corrected chi connectivity index (χ3v) is 4.83. The highest BCUT2D eigenvalue weighted by molar-refractivity contribution is 5.27. The van der Waals surface area contributed by atoms with Gasteiger partial charge in [0, 0.05) is 12.1 Å². The van der Waals surface area contributed by atoms with E-state index in [1.165, 1.54) is 31.7 Å². The minimum Gasteiger partial charge on any atom is -0.385 e. The van der Waals surface area contributed by atoms with Crippen molar-refractivity contribution >= 4 is 5.82 Å². The Labute approximate surface area is 105 Å². The first-order valence-corrected chi connectivity index (χ1v) is 6.67. The standard InChI is InChI=1S/C13H19N3O2/c1-7(10-5-8-2-3-9(10)4-8)16-11(14)6-12(17)15-13(16)18/h6-10H,2-5,14H2,1H3,(H,15,17,18)/t7-,8-,9-,10-/m1/s1. The van der Waals surface area contributed by atoms with Crippen molar-refractivity contribution in [2.24, 2.45) is 17.8 Å². The molecule has 2 aliphatic rings. The average molecular weight is 249 g/mol. The average Bonchev–Trinajstić information content (AvgIpc) is 2.88. The topological polar surface area (TPSA) is 80.9 Å². The lowest BCUT2D eigenvalue weighted by Crippen LogP contribution is -2.36. The van der Waals surface area contributed by atoms with Gasteiger partial charge in [0.1, 0.15) is 5.82 Å². The molecule has 3 rings (SSSR count). The number of aromatic nitrogens is 2. The van der Waals surface area contributed by atoms with E-state index in [2.05, 4.69) is 4.98 Å². The van der Waals surface area contributed by atoms with Crippen LogP contribution in [-0.4, -0.2) is 9.55 Å². The maximum absolute atomic E-state index is 11.9. The molecule has 5 heteroatoms. The normalized spacial score (nSPS) is 31.7. The molecule has 0 aromatic carbocycles. The molecule has 3 N–H and O–H groups in total. The quantitative estimate of drug-likeness (QED) is 0.824. The fourth-order valence-electron chi connectivity index (χ4n) is 4.02. The highest BCUT2D eigenvalue weighted by Crippen LogP contribution is 2.52. The van der Waals surface area contributed by atoms with E-state index < -0.39 is 5.56 Å². The molecule has 4 atom stereocenters. The number of nitrogens with zero attached hydrogens (tertiary/aromatic N) is 1. The Bertz CT molecular complexity index is 574. The smallest absolute Gasteiger partial charge is 0.330 e. The second kappa shape index (κ2) is 4.00. The zero-order valence-corrected chi connectivity index (χ0v) is 10.6. The van der Waals surface area contributed by atoms with Crippen LogP contribution >= 0.6 is 0 Å². The van der Waals surface area contributed by atoms with Crippen LogP contribution in [0.3, 0.4) is 0 Å². The molecule has 0 amide bonds. The minimum absolute atomic E-state index is 0.0737. The number of nitrogens with one attached hydrogen (secondary N) is 1. The number of nitrogens with two attached hydrogens (primary N) is 1. The molecule has 0 radical (unpaired) electrons. The molecule has 0 saturated heterocycles. The molecule has 1 aromatic heterocycles. The maximum atomic E-state index is 11.9. The summed E-state index contributed by atoms with van der Waals surface area (Å²) in [6.45, 7) is 2.04. The van der Waals surface area contributed by atoms with Gasteiger partial charge in [-0.15, -0.1) is 0 Å². The summed E-state index contributed by atoms with van der Waals surface area (Å²) in [6, 6.07) is 1.37. The molecule has 0 unspecified atom stereocenters. The molecule has 5 nitrogen and oxygen atoms in total. The van der Waals surface area contributed by atoms with Gasteiger partial charge in [0.15, 0.2) is 0 Å². The van der Waals surface area contributed by atoms with E-state index in [-0.39, 0.29) is 17.5 Å². The monoisotopic (exact) mass is 249 g/mol. The van der Waals surface area contributed by atoms with Gasteiger partial charge in [-0.1, -0.05) is 6.42 Å². The van der Waals surface area contributed by atoms with Crippen molar-refractivity contribution in [3.8, 4) is 0 Å².